The van der Waals surface area contributed by atoms with Crippen molar-refractivity contribution in [3.8, 4) is 6.07 Å². The van der Waals surface area contributed by atoms with E-state index in [0.29, 0.717) is 6.04 Å². The molecular formula is C16H21N3. The molecule has 0 aromatic heterocycles. The van der Waals surface area contributed by atoms with E-state index >= 15 is 0 Å². The van der Waals surface area contributed by atoms with Gasteiger partial charge in [0.25, 0.3) is 0 Å². The van der Waals surface area contributed by atoms with Gasteiger partial charge in [0.15, 0.2) is 0 Å². The maximum atomic E-state index is 8.90. The Morgan fingerprint density at radius 2 is 2.26 bits per heavy atom. The minimum Gasteiger partial charge on any atom is -0.309 e. The summed E-state index contributed by atoms with van der Waals surface area (Å²) < 4.78 is 0. The van der Waals surface area contributed by atoms with Crippen LogP contribution in [0, 0.1) is 11.3 Å². The zero-order valence-electron chi connectivity index (χ0n) is 11.5. The van der Waals surface area contributed by atoms with Crippen LogP contribution in [0.4, 0.5) is 0 Å². The van der Waals surface area contributed by atoms with Gasteiger partial charge in [-0.25, -0.2) is 0 Å². The van der Waals surface area contributed by atoms with E-state index in [9.17, 15) is 0 Å². The van der Waals surface area contributed by atoms with Gasteiger partial charge in [0.05, 0.1) is 11.6 Å². The van der Waals surface area contributed by atoms with Crippen LogP contribution in [0.1, 0.15) is 37.3 Å². The van der Waals surface area contributed by atoms with Gasteiger partial charge in [0.1, 0.15) is 0 Å². The van der Waals surface area contributed by atoms with E-state index in [2.05, 4.69) is 29.3 Å². The topological polar surface area (TPSA) is 39.1 Å². The monoisotopic (exact) mass is 255 g/mol. The second kappa shape index (κ2) is 5.32. The number of nitrogens with zero attached hydrogens (tertiary/aromatic N) is 2. The molecule has 0 bridgehead atoms. The van der Waals surface area contributed by atoms with Crippen LogP contribution in [0.5, 0.6) is 0 Å². The maximum absolute atomic E-state index is 8.90. The van der Waals surface area contributed by atoms with Gasteiger partial charge >= 0.3 is 0 Å². The Morgan fingerprint density at radius 3 is 3.00 bits per heavy atom. The molecule has 1 saturated heterocycles. The second-order valence-corrected chi connectivity index (χ2v) is 5.90. The quantitative estimate of drug-likeness (QED) is 0.897. The third-order valence-corrected chi connectivity index (χ3v) is 4.29. The highest BCUT2D eigenvalue weighted by Gasteiger charge is 2.38. The number of benzene rings is 1. The Hall–Kier alpha value is -1.37. The van der Waals surface area contributed by atoms with Gasteiger partial charge in [-0.05, 0) is 43.9 Å². The molecule has 3 rings (SSSR count). The van der Waals surface area contributed by atoms with Crippen LogP contribution in [0.2, 0.25) is 0 Å². The molecule has 1 heterocycles. The van der Waals surface area contributed by atoms with Gasteiger partial charge in [-0.1, -0.05) is 12.1 Å². The second-order valence-electron chi connectivity index (χ2n) is 5.90. The van der Waals surface area contributed by atoms with E-state index in [4.69, 9.17) is 5.26 Å². The molecule has 1 saturated carbocycles. The lowest BCUT2D eigenvalue weighted by molar-refractivity contribution is 0.255. The van der Waals surface area contributed by atoms with E-state index in [-0.39, 0.29) is 0 Å². The Kier molecular flexibility index (Phi) is 3.54. The first-order valence-corrected chi connectivity index (χ1v) is 7.24. The Balaban J connectivity index is 1.53. The summed E-state index contributed by atoms with van der Waals surface area (Å²) in [6.07, 6.45) is 4.02. The van der Waals surface area contributed by atoms with Crippen molar-refractivity contribution in [1.82, 2.24) is 10.2 Å². The standard InChI is InChI=1S/C16H21N3/c1-12-7-15(11-19(12)16-5-6-16)18-10-14-4-2-3-13(8-14)9-17/h2-4,8,12,15-16,18H,5-7,10-11H2,1H3. The molecule has 3 heteroatoms. The zero-order valence-corrected chi connectivity index (χ0v) is 11.5. The van der Waals surface area contributed by atoms with Crippen molar-refractivity contribution in [2.45, 2.75) is 50.9 Å². The smallest absolute Gasteiger partial charge is 0.0991 e. The lowest BCUT2D eigenvalue weighted by atomic mass is 10.1. The van der Waals surface area contributed by atoms with Crippen LogP contribution in [0.3, 0.4) is 0 Å². The first-order valence-electron chi connectivity index (χ1n) is 7.24. The number of hydrogen-bond acceptors (Lipinski definition) is 3. The number of nitrogens with one attached hydrogen (secondary N) is 1. The average molecular weight is 255 g/mol. The van der Waals surface area contributed by atoms with Crippen molar-refractivity contribution in [2.75, 3.05) is 6.54 Å². The summed E-state index contributed by atoms with van der Waals surface area (Å²) in [5.74, 6) is 0. The van der Waals surface area contributed by atoms with E-state index in [1.54, 1.807) is 0 Å². The van der Waals surface area contributed by atoms with Crippen molar-refractivity contribution in [3.63, 3.8) is 0 Å². The summed E-state index contributed by atoms with van der Waals surface area (Å²) in [7, 11) is 0. The molecule has 19 heavy (non-hydrogen) atoms. The molecule has 2 unspecified atom stereocenters. The van der Waals surface area contributed by atoms with Gasteiger partial charge in [-0.2, -0.15) is 5.26 Å². The highest BCUT2D eigenvalue weighted by atomic mass is 15.3. The molecule has 2 atom stereocenters. The minimum atomic E-state index is 0.598. The predicted molar refractivity (Wildman–Crippen MR) is 75.6 cm³/mol. The van der Waals surface area contributed by atoms with Gasteiger partial charge in [0.2, 0.25) is 0 Å². The van der Waals surface area contributed by atoms with E-state index in [0.717, 1.165) is 24.2 Å². The summed E-state index contributed by atoms with van der Waals surface area (Å²) >= 11 is 0. The fourth-order valence-electron chi connectivity index (χ4n) is 3.13. The van der Waals surface area contributed by atoms with Crippen LogP contribution < -0.4 is 5.32 Å². The van der Waals surface area contributed by atoms with Gasteiger partial charge in [0, 0.05) is 31.2 Å². The zero-order chi connectivity index (χ0) is 13.2. The normalized spacial score (nSPS) is 27.4. The van der Waals surface area contributed by atoms with Crippen LogP contribution >= 0.6 is 0 Å². The SMILES string of the molecule is CC1CC(NCc2cccc(C#N)c2)CN1C1CC1. The third-order valence-electron chi connectivity index (χ3n) is 4.29. The molecule has 1 aromatic rings. The van der Waals surface area contributed by atoms with Crippen molar-refractivity contribution in [3.05, 3.63) is 35.4 Å². The molecule has 0 radical (unpaired) electrons. The molecule has 1 aliphatic heterocycles. The fraction of sp³-hybridized carbons (Fsp3) is 0.562. The summed E-state index contributed by atoms with van der Waals surface area (Å²) in [4.78, 5) is 2.66. The van der Waals surface area contributed by atoms with Gasteiger partial charge in [-0.3, -0.25) is 4.90 Å². The lowest BCUT2D eigenvalue weighted by Gasteiger charge is -2.19. The Morgan fingerprint density at radius 1 is 1.42 bits per heavy atom. The predicted octanol–water partition coefficient (Wildman–Crippen LogP) is 2.27. The van der Waals surface area contributed by atoms with Crippen LogP contribution in [-0.4, -0.2) is 29.6 Å². The van der Waals surface area contributed by atoms with Crippen molar-refractivity contribution in [1.29, 1.82) is 5.26 Å². The van der Waals surface area contributed by atoms with Gasteiger partial charge < -0.3 is 5.32 Å². The number of hydrogen-bond donors (Lipinski definition) is 1. The molecule has 3 nitrogen and oxygen atoms in total. The van der Waals surface area contributed by atoms with Crippen molar-refractivity contribution < 1.29 is 0 Å². The highest BCUT2D eigenvalue weighted by molar-refractivity contribution is 5.32. The van der Waals surface area contributed by atoms with Gasteiger partial charge in [-0.15, -0.1) is 0 Å². The minimum absolute atomic E-state index is 0.598. The number of rotatable bonds is 4. The molecule has 0 spiro atoms. The Labute approximate surface area is 115 Å². The molecule has 2 fully saturated rings. The summed E-state index contributed by atoms with van der Waals surface area (Å²) in [5, 5.41) is 12.5. The summed E-state index contributed by atoms with van der Waals surface area (Å²) in [5.41, 5.74) is 1.95. The summed E-state index contributed by atoms with van der Waals surface area (Å²) in [6, 6.07) is 12.3. The number of nitriles is 1. The number of likely N-dealkylation sites (tertiary alicyclic amines) is 1. The molecule has 100 valence electrons. The molecule has 1 N–H and O–H groups in total. The molecule has 2 aliphatic rings. The van der Waals surface area contributed by atoms with Crippen LogP contribution in [0.25, 0.3) is 0 Å². The average Bonchev–Trinajstić information content (AvgIpc) is 3.20. The molecule has 0 amide bonds. The van der Waals surface area contributed by atoms with E-state index < -0.39 is 0 Å². The van der Waals surface area contributed by atoms with Crippen LogP contribution in [-0.2, 0) is 6.54 Å². The van der Waals surface area contributed by atoms with Crippen molar-refractivity contribution in [2.24, 2.45) is 0 Å². The molecule has 1 aliphatic carbocycles. The molecular weight excluding hydrogens is 234 g/mol. The largest absolute Gasteiger partial charge is 0.309 e. The summed E-state index contributed by atoms with van der Waals surface area (Å²) in [6.45, 7) is 4.39. The maximum Gasteiger partial charge on any atom is 0.0991 e. The fourth-order valence-corrected chi connectivity index (χ4v) is 3.13. The van der Waals surface area contributed by atoms with Crippen molar-refractivity contribution >= 4 is 0 Å². The Bertz CT molecular complexity index is 487. The molecule has 1 aromatic carbocycles. The van der Waals surface area contributed by atoms with E-state index in [1.807, 2.05) is 18.2 Å². The first-order chi connectivity index (χ1) is 9.26. The lowest BCUT2D eigenvalue weighted by Crippen LogP contribution is -2.33. The first kappa shape index (κ1) is 12.7. The highest BCUT2D eigenvalue weighted by Crippen LogP contribution is 2.33. The van der Waals surface area contributed by atoms with Crippen LogP contribution in [0.15, 0.2) is 24.3 Å². The van der Waals surface area contributed by atoms with E-state index in [1.165, 1.54) is 31.4 Å². The third kappa shape index (κ3) is 2.97.